The molecule has 0 spiro atoms. The summed E-state index contributed by atoms with van der Waals surface area (Å²) in [5.41, 5.74) is 4.04. The molecule has 2 aliphatic rings. The minimum Gasteiger partial charge on any atom is -0.494 e. The SMILES string of the molecule is CCOc1ccccc1[C@@H]1c2[nH]c3ccccc3c2C[C@H]2C(=O)N(CCC[NH+](C)C)CC(=O)N12. The van der Waals surface area contributed by atoms with Gasteiger partial charge in [-0.1, -0.05) is 36.4 Å². The van der Waals surface area contributed by atoms with Gasteiger partial charge in [-0.15, -0.1) is 0 Å². The van der Waals surface area contributed by atoms with Gasteiger partial charge in [0.05, 0.1) is 33.8 Å². The molecule has 1 aromatic heterocycles. The predicted octanol–water partition coefficient (Wildman–Crippen LogP) is 1.79. The Morgan fingerprint density at radius 2 is 1.85 bits per heavy atom. The van der Waals surface area contributed by atoms with E-state index in [4.69, 9.17) is 4.74 Å². The Bertz CT molecular complexity index is 1220. The molecule has 3 heterocycles. The lowest BCUT2D eigenvalue weighted by Gasteiger charge is -2.47. The van der Waals surface area contributed by atoms with Crippen molar-refractivity contribution in [2.45, 2.75) is 31.8 Å². The number of hydrogen-bond acceptors (Lipinski definition) is 3. The Morgan fingerprint density at radius 1 is 1.09 bits per heavy atom. The van der Waals surface area contributed by atoms with Crippen molar-refractivity contribution in [3.05, 3.63) is 65.4 Å². The summed E-state index contributed by atoms with van der Waals surface area (Å²) < 4.78 is 5.97. The topological polar surface area (TPSA) is 70.1 Å². The normalized spacial score (nSPS) is 20.1. The molecule has 5 rings (SSSR count). The van der Waals surface area contributed by atoms with Crippen LogP contribution in [0.1, 0.15) is 36.2 Å². The highest BCUT2D eigenvalue weighted by Gasteiger charge is 2.48. The van der Waals surface area contributed by atoms with Crippen LogP contribution in [0.3, 0.4) is 0 Å². The number of para-hydroxylation sites is 2. The van der Waals surface area contributed by atoms with Gasteiger partial charge in [0.25, 0.3) is 0 Å². The third-order valence-corrected chi connectivity index (χ3v) is 6.96. The van der Waals surface area contributed by atoms with Crippen LogP contribution in [-0.2, 0) is 16.0 Å². The van der Waals surface area contributed by atoms with Crippen LogP contribution in [0.4, 0.5) is 0 Å². The van der Waals surface area contributed by atoms with Gasteiger partial charge in [-0.2, -0.15) is 0 Å². The summed E-state index contributed by atoms with van der Waals surface area (Å²) >= 11 is 0. The van der Waals surface area contributed by atoms with Gasteiger partial charge in [-0.3, -0.25) is 9.59 Å². The molecule has 0 bridgehead atoms. The second kappa shape index (κ2) is 9.14. The Kier molecular flexibility index (Phi) is 6.04. The number of H-pyrrole nitrogens is 1. The third kappa shape index (κ3) is 3.84. The summed E-state index contributed by atoms with van der Waals surface area (Å²) in [6.07, 6.45) is 1.40. The third-order valence-electron chi connectivity index (χ3n) is 6.96. The van der Waals surface area contributed by atoms with Crippen LogP contribution < -0.4 is 9.64 Å². The Morgan fingerprint density at radius 3 is 2.65 bits per heavy atom. The number of hydrogen-bond donors (Lipinski definition) is 2. The molecule has 7 heteroatoms. The molecule has 3 aromatic rings. The van der Waals surface area contributed by atoms with Gasteiger partial charge in [-0.25, -0.2) is 0 Å². The number of carbonyl (C=O) groups is 2. The average molecular weight is 462 g/mol. The minimum absolute atomic E-state index is 0.0117. The maximum absolute atomic E-state index is 13.7. The monoisotopic (exact) mass is 461 g/mol. The van der Waals surface area contributed by atoms with Crippen LogP contribution >= 0.6 is 0 Å². The molecule has 34 heavy (non-hydrogen) atoms. The molecule has 2 atom stereocenters. The number of nitrogens with one attached hydrogen (secondary N) is 2. The van der Waals surface area contributed by atoms with E-state index in [1.807, 2.05) is 48.2 Å². The Balaban J connectivity index is 1.61. The molecule has 1 saturated heterocycles. The number of fused-ring (bicyclic) bond motifs is 4. The van der Waals surface area contributed by atoms with Crippen molar-refractivity contribution in [3.63, 3.8) is 0 Å². The molecule has 2 aliphatic heterocycles. The van der Waals surface area contributed by atoms with Gasteiger partial charge >= 0.3 is 0 Å². The molecule has 1 fully saturated rings. The smallest absolute Gasteiger partial charge is 0.246 e. The molecule has 0 unspecified atom stereocenters. The summed E-state index contributed by atoms with van der Waals surface area (Å²) in [5, 5.41) is 1.12. The standard InChI is InChI=1S/C27H32N4O3/c1-4-34-23-13-8-6-11-19(23)26-25-20(18-10-5-7-12-21(18)28-25)16-22-27(33)30(15-9-14-29(2)3)17-24(32)31(22)26/h5-8,10-13,22,26,28H,4,9,14-17H2,1-3H3/p+1/t22-,26+/m0/s1. The number of benzene rings is 2. The van der Waals surface area contributed by atoms with Crippen LogP contribution in [0, 0.1) is 0 Å². The largest absolute Gasteiger partial charge is 0.494 e. The van der Waals surface area contributed by atoms with Crippen LogP contribution in [-0.4, -0.2) is 73.0 Å². The van der Waals surface area contributed by atoms with E-state index in [-0.39, 0.29) is 18.4 Å². The van der Waals surface area contributed by atoms with E-state index in [1.54, 1.807) is 4.90 Å². The lowest BCUT2D eigenvalue weighted by Crippen LogP contribution is -3.05. The predicted molar refractivity (Wildman–Crippen MR) is 131 cm³/mol. The highest BCUT2D eigenvalue weighted by atomic mass is 16.5. The van der Waals surface area contributed by atoms with Gasteiger partial charge in [0.1, 0.15) is 17.8 Å². The van der Waals surface area contributed by atoms with E-state index in [9.17, 15) is 9.59 Å². The first-order valence-corrected chi connectivity index (χ1v) is 12.2. The molecule has 2 amide bonds. The zero-order valence-electron chi connectivity index (χ0n) is 20.1. The number of rotatable bonds is 7. The first-order chi connectivity index (χ1) is 16.5. The van der Waals surface area contributed by atoms with Crippen molar-refractivity contribution in [3.8, 4) is 5.75 Å². The van der Waals surface area contributed by atoms with E-state index in [1.165, 1.54) is 4.90 Å². The van der Waals surface area contributed by atoms with Crippen molar-refractivity contribution in [2.24, 2.45) is 0 Å². The summed E-state index contributed by atoms with van der Waals surface area (Å²) in [7, 11) is 4.20. The van der Waals surface area contributed by atoms with Crippen molar-refractivity contribution in [1.82, 2.24) is 14.8 Å². The summed E-state index contributed by atoms with van der Waals surface area (Å²) in [6, 6.07) is 15.1. The molecular weight excluding hydrogens is 428 g/mol. The van der Waals surface area contributed by atoms with Crippen molar-refractivity contribution < 1.29 is 19.2 Å². The Hall–Kier alpha value is -3.32. The van der Waals surface area contributed by atoms with Gasteiger partial charge < -0.3 is 24.4 Å². The molecule has 0 radical (unpaired) electrons. The van der Waals surface area contributed by atoms with Gasteiger partial charge in [0, 0.05) is 41.5 Å². The second-order valence-electron chi connectivity index (χ2n) is 9.53. The van der Waals surface area contributed by atoms with Crippen LogP contribution in [0.15, 0.2) is 48.5 Å². The van der Waals surface area contributed by atoms with E-state index < -0.39 is 12.1 Å². The highest BCUT2D eigenvalue weighted by Crippen LogP contribution is 2.44. The number of carbonyl (C=O) groups excluding carboxylic acids is 2. The highest BCUT2D eigenvalue weighted by molar-refractivity contribution is 5.97. The van der Waals surface area contributed by atoms with Crippen LogP contribution in [0.5, 0.6) is 5.75 Å². The average Bonchev–Trinajstić information content (AvgIpc) is 3.20. The van der Waals surface area contributed by atoms with Crippen molar-refractivity contribution in [1.29, 1.82) is 0 Å². The lowest BCUT2D eigenvalue weighted by molar-refractivity contribution is -0.858. The number of nitrogens with zero attached hydrogens (tertiary/aromatic N) is 2. The number of ether oxygens (including phenoxy) is 1. The van der Waals surface area contributed by atoms with E-state index in [0.29, 0.717) is 19.6 Å². The quantitative estimate of drug-likeness (QED) is 0.564. The number of amides is 2. The number of piperazine rings is 1. The van der Waals surface area contributed by atoms with Crippen LogP contribution in [0.2, 0.25) is 0 Å². The molecule has 2 aromatic carbocycles. The maximum Gasteiger partial charge on any atom is 0.246 e. The molecular formula is C27H33N4O3+. The van der Waals surface area contributed by atoms with Gasteiger partial charge in [0.15, 0.2) is 0 Å². The number of aromatic amines is 1. The Labute approximate surface area is 200 Å². The summed E-state index contributed by atoms with van der Waals surface area (Å²) in [4.78, 5) is 35.8. The van der Waals surface area contributed by atoms with E-state index in [2.05, 4.69) is 31.2 Å². The molecule has 178 valence electrons. The minimum atomic E-state index is -0.514. The van der Waals surface area contributed by atoms with Crippen molar-refractivity contribution in [2.75, 3.05) is 40.3 Å². The lowest BCUT2D eigenvalue weighted by atomic mass is 9.86. The first-order valence-electron chi connectivity index (χ1n) is 12.2. The zero-order chi connectivity index (χ0) is 23.8. The summed E-state index contributed by atoms with van der Waals surface area (Å²) in [6.45, 7) is 4.18. The van der Waals surface area contributed by atoms with E-state index >= 15 is 0 Å². The fourth-order valence-electron chi connectivity index (χ4n) is 5.45. The number of quaternary nitrogens is 1. The fourth-order valence-corrected chi connectivity index (χ4v) is 5.45. The van der Waals surface area contributed by atoms with E-state index in [0.717, 1.165) is 46.4 Å². The van der Waals surface area contributed by atoms with Crippen LogP contribution in [0.25, 0.3) is 10.9 Å². The summed E-state index contributed by atoms with van der Waals surface area (Å²) in [5.74, 6) is 0.780. The molecule has 0 aliphatic carbocycles. The molecule has 0 saturated carbocycles. The molecule has 2 N–H and O–H groups in total. The maximum atomic E-state index is 13.7. The van der Waals surface area contributed by atoms with Gasteiger partial charge in [0.2, 0.25) is 11.8 Å². The van der Waals surface area contributed by atoms with Crippen molar-refractivity contribution >= 4 is 22.7 Å². The molecule has 7 nitrogen and oxygen atoms in total. The fraction of sp³-hybridized carbons (Fsp3) is 0.407. The second-order valence-corrected chi connectivity index (χ2v) is 9.53. The first kappa shape index (κ1) is 22.5. The van der Waals surface area contributed by atoms with Gasteiger partial charge in [-0.05, 0) is 24.6 Å². The zero-order valence-corrected chi connectivity index (χ0v) is 20.1. The number of aromatic nitrogens is 1.